The summed E-state index contributed by atoms with van der Waals surface area (Å²) in [4.78, 5) is 78.3. The standard InChI is InChI=1S/C33H39F6NO4.C29H31F6NO4.C17H24O3.C16H17F6NO2/c1-4-5-17-43-30(41)20(2)29(22-9-10-22)24-7-6-8-26(18-24)44-31(42)23-13-15-40(16-14-23)21(3)27-19-25(32(34,35)36)11-12-28(27)33(37,38)39;1-16(26(37)38)25(18-6-7-18)20-4-3-5-22(14-20)40-27(39)19-10-12-36(13-11-19)17(2)23-15-21(28(30,31)32)8-9-24(23)29(33,34)35;1-3-4-10-20-17(19)12(2)16(13-8-9-13)14-6-5-7-15(18)11-14;1-9(23-6-4-10(5-7-23)14(24)25)12-8-11(15(17,18)19)2-3-13(12)16(20,21)22/h6-8,11-12,18-23,29H,4-5,9-10,13-17H2,1-3H3;3-5,8-9,14-19,25H,6-7,10-13H2,1-2H3,(H,37,38);5-7,11-13,16,18H,3-4,8-10H2,1-2H3;2-3,8-10H,4-7H2,1H3,(H,24,25)/t20-,21?,29-;16-,17?,25-;12-,16-;/m000./s1. The number of aromatic hydroxyl groups is 1. The van der Waals surface area contributed by atoms with Crippen molar-refractivity contribution in [3.63, 3.8) is 0 Å². The van der Waals surface area contributed by atoms with Crippen molar-refractivity contribution in [3.8, 4) is 17.2 Å². The number of hydrogen-bond donors (Lipinski definition) is 3. The number of halogens is 18. The number of carbonyl (C=O) groups excluding carboxylic acids is 4. The molecule has 6 aromatic rings. The number of unbranched alkanes of at least 4 members (excludes halogenated alkanes) is 2. The molecular formula is C95H111F18N3O13. The molecule has 3 unspecified atom stereocenters. The van der Waals surface area contributed by atoms with Crippen molar-refractivity contribution in [3.05, 3.63) is 194 Å². The molecule has 12 rings (SSSR count). The maximum Gasteiger partial charge on any atom is 0.416 e. The summed E-state index contributed by atoms with van der Waals surface area (Å²) in [6.07, 6.45) is -17.2. The molecule has 0 spiro atoms. The van der Waals surface area contributed by atoms with Gasteiger partial charge in [0.05, 0.1) is 82.1 Å². The van der Waals surface area contributed by atoms with Gasteiger partial charge in [-0.25, -0.2) is 0 Å². The molecule has 0 amide bonds. The van der Waals surface area contributed by atoms with E-state index in [4.69, 9.17) is 24.1 Å². The molecule has 0 bridgehead atoms. The molecule has 3 saturated carbocycles. The average molecular weight is 1840 g/mol. The number of likely N-dealkylation sites (tertiary alicyclic amines) is 3. The number of rotatable bonds is 29. The van der Waals surface area contributed by atoms with Crippen LogP contribution in [-0.2, 0) is 75.3 Å². The third-order valence-corrected chi connectivity index (χ3v) is 25.5. The molecule has 6 aliphatic rings. The minimum Gasteiger partial charge on any atom is -0.508 e. The highest BCUT2D eigenvalue weighted by molar-refractivity contribution is 5.77. The molecule has 0 radical (unpaired) electrons. The SMILES string of the molecule is CC(c1cc(C(F)(F)F)ccc1C(F)(F)F)N1CCC(C(=O)O)CC1.CC(c1cc(C(F)(F)F)ccc1C(F)(F)F)N1CCC(C(=O)Oc2cccc([C@H](C3CC3)[C@H](C)C(=O)O)c2)CC1.CCCCOC(=O)[C@@H](C)[C@H](c1cccc(O)c1)C1CC1.CCCCOC(=O)[C@@H](C)[C@H](c1cccc(OC(=O)C2CCN(C(C)c3cc(C(F)(F)F)ccc3C(F)(F)F)CC2)c1)C1CC1. The van der Waals surface area contributed by atoms with E-state index in [-0.39, 0.29) is 131 Å². The first-order valence-corrected chi connectivity index (χ1v) is 43.7. The van der Waals surface area contributed by atoms with Gasteiger partial charge in [-0.05, 0) is 310 Å². The van der Waals surface area contributed by atoms with Crippen molar-refractivity contribution in [1.82, 2.24) is 14.7 Å². The number of carbonyl (C=O) groups is 6. The van der Waals surface area contributed by atoms with Gasteiger partial charge in [-0.1, -0.05) is 83.9 Å². The van der Waals surface area contributed by atoms with Gasteiger partial charge in [0.25, 0.3) is 0 Å². The largest absolute Gasteiger partial charge is 0.508 e. The zero-order valence-corrected chi connectivity index (χ0v) is 72.8. The summed E-state index contributed by atoms with van der Waals surface area (Å²) in [5, 5.41) is 28.1. The van der Waals surface area contributed by atoms with E-state index in [2.05, 4.69) is 6.92 Å². The van der Waals surface area contributed by atoms with E-state index in [1.54, 1.807) is 70.2 Å². The van der Waals surface area contributed by atoms with Crippen LogP contribution in [0.4, 0.5) is 79.0 Å². The first-order chi connectivity index (χ1) is 60.4. The van der Waals surface area contributed by atoms with Crippen LogP contribution in [0.25, 0.3) is 0 Å². The Morgan fingerprint density at radius 1 is 0.364 bits per heavy atom. The lowest BCUT2D eigenvalue weighted by Gasteiger charge is -2.36. The van der Waals surface area contributed by atoms with E-state index >= 15 is 0 Å². The van der Waals surface area contributed by atoms with Gasteiger partial charge in [0, 0.05) is 18.1 Å². The Balaban J connectivity index is 0.000000203. The van der Waals surface area contributed by atoms with E-state index in [1.807, 2.05) is 45.0 Å². The number of nitrogens with zero attached hydrogens (tertiary/aromatic N) is 3. The van der Waals surface area contributed by atoms with E-state index in [9.17, 15) is 118 Å². The number of hydrogen-bond acceptors (Lipinski definition) is 14. The Bertz CT molecular complexity index is 4750. The summed E-state index contributed by atoms with van der Waals surface area (Å²) >= 11 is 0. The van der Waals surface area contributed by atoms with Crippen LogP contribution < -0.4 is 9.47 Å². The zero-order chi connectivity index (χ0) is 95.2. The van der Waals surface area contributed by atoms with Gasteiger partial charge in [0.1, 0.15) is 17.2 Å². The third-order valence-electron chi connectivity index (χ3n) is 25.5. The van der Waals surface area contributed by atoms with Crippen molar-refractivity contribution in [2.24, 2.45) is 53.3 Å². The number of ether oxygens (including phenoxy) is 4. The van der Waals surface area contributed by atoms with Crippen LogP contribution in [0, 0.1) is 53.3 Å². The molecule has 9 atom stereocenters. The molecule has 16 nitrogen and oxygen atoms in total. The summed E-state index contributed by atoms with van der Waals surface area (Å²) in [6.45, 7) is 16.0. The summed E-state index contributed by atoms with van der Waals surface area (Å²) < 4.78 is 262. The summed E-state index contributed by atoms with van der Waals surface area (Å²) in [5.41, 5.74) is -5.37. The summed E-state index contributed by atoms with van der Waals surface area (Å²) in [7, 11) is 0. The van der Waals surface area contributed by atoms with Gasteiger partial charge in [-0.15, -0.1) is 0 Å². The first kappa shape index (κ1) is 103. The van der Waals surface area contributed by atoms with Crippen LogP contribution >= 0.6 is 0 Å². The maximum atomic E-state index is 13.7. The molecule has 3 N–H and O–H groups in total. The highest BCUT2D eigenvalue weighted by Gasteiger charge is 2.47. The predicted molar refractivity (Wildman–Crippen MR) is 441 cm³/mol. The second-order valence-electron chi connectivity index (χ2n) is 34.6. The fraction of sp³-hybridized carbons (Fsp3) is 0.558. The topological polar surface area (TPSA) is 210 Å². The van der Waals surface area contributed by atoms with Crippen LogP contribution in [0.5, 0.6) is 17.2 Å². The van der Waals surface area contributed by atoms with Crippen molar-refractivity contribution < 1.29 is 142 Å². The lowest BCUT2D eigenvalue weighted by Crippen LogP contribution is -2.39. The molecule has 3 aliphatic carbocycles. The number of benzene rings is 6. The van der Waals surface area contributed by atoms with E-state index < -0.39 is 153 Å². The van der Waals surface area contributed by atoms with Crippen molar-refractivity contribution in [1.29, 1.82) is 0 Å². The second-order valence-corrected chi connectivity index (χ2v) is 34.6. The fourth-order valence-corrected chi connectivity index (χ4v) is 17.5. The lowest BCUT2D eigenvalue weighted by molar-refractivity contribution is -0.150. The molecule has 3 saturated heterocycles. The maximum absolute atomic E-state index is 13.7. The van der Waals surface area contributed by atoms with E-state index in [0.717, 1.165) is 80.9 Å². The first-order valence-electron chi connectivity index (χ1n) is 43.7. The third kappa shape index (κ3) is 28.8. The van der Waals surface area contributed by atoms with E-state index in [0.29, 0.717) is 91.1 Å². The molecule has 710 valence electrons. The average Bonchev–Trinajstić information content (AvgIpc) is 1.31. The smallest absolute Gasteiger partial charge is 0.416 e. The van der Waals surface area contributed by atoms with Crippen molar-refractivity contribution >= 4 is 35.8 Å². The van der Waals surface area contributed by atoms with Crippen molar-refractivity contribution in [2.45, 2.75) is 231 Å². The minimum absolute atomic E-state index is 0.0649. The number of phenols is 1. The number of carboxylic acid groups (broad SMARTS) is 2. The Hall–Kier alpha value is -9.44. The van der Waals surface area contributed by atoms with Gasteiger partial charge in [-0.3, -0.25) is 43.5 Å². The van der Waals surface area contributed by atoms with E-state index in [1.165, 1.54) is 20.8 Å². The fourth-order valence-electron chi connectivity index (χ4n) is 17.5. The number of aliphatic carboxylic acids is 2. The van der Waals surface area contributed by atoms with Crippen molar-refractivity contribution in [2.75, 3.05) is 52.5 Å². The molecule has 6 aromatic carbocycles. The summed E-state index contributed by atoms with van der Waals surface area (Å²) in [5.74, 6) is -3.98. The van der Waals surface area contributed by atoms with Crippen LogP contribution in [0.15, 0.2) is 127 Å². The molecule has 0 aromatic heterocycles. The second kappa shape index (κ2) is 44.2. The molecular weight excluding hydrogens is 1730 g/mol. The van der Waals surface area contributed by atoms with Gasteiger partial charge in [0.2, 0.25) is 0 Å². The Morgan fingerprint density at radius 2 is 0.651 bits per heavy atom. The minimum atomic E-state index is -4.81. The quantitative estimate of drug-likeness (QED) is 0.0173. The van der Waals surface area contributed by atoms with Gasteiger partial charge in [-0.2, -0.15) is 79.0 Å². The Labute approximate surface area is 737 Å². The summed E-state index contributed by atoms with van der Waals surface area (Å²) in [6, 6.07) is 22.8. The Morgan fingerprint density at radius 3 is 0.915 bits per heavy atom. The normalized spacial score (nSPS) is 18.9. The molecule has 129 heavy (non-hydrogen) atoms. The van der Waals surface area contributed by atoms with Crippen LogP contribution in [0.2, 0.25) is 0 Å². The molecule has 34 heteroatoms. The van der Waals surface area contributed by atoms with Crippen LogP contribution in [-0.4, -0.2) is 118 Å². The monoisotopic (exact) mass is 1840 g/mol. The van der Waals surface area contributed by atoms with Gasteiger partial charge in [0.15, 0.2) is 0 Å². The zero-order valence-electron chi connectivity index (χ0n) is 72.8. The number of alkyl halides is 18. The highest BCUT2D eigenvalue weighted by atomic mass is 19.4. The Kier molecular flexibility index (Phi) is 35.4. The van der Waals surface area contributed by atoms with Gasteiger partial charge < -0.3 is 34.3 Å². The number of piperidine rings is 3. The van der Waals surface area contributed by atoms with Crippen LogP contribution in [0.1, 0.15) is 261 Å². The lowest BCUT2D eigenvalue weighted by atomic mass is 9.83. The predicted octanol–water partition coefficient (Wildman–Crippen LogP) is 24.3. The van der Waals surface area contributed by atoms with Gasteiger partial charge >= 0.3 is 72.9 Å². The number of phenolic OH excluding ortho intramolecular Hbond substituents is 1. The number of esters is 4. The molecule has 3 aliphatic heterocycles. The molecule has 3 heterocycles. The number of carboxylic acids is 2. The highest BCUT2D eigenvalue weighted by Crippen LogP contribution is 2.52. The van der Waals surface area contributed by atoms with Crippen LogP contribution in [0.3, 0.4) is 0 Å². The molecule has 6 fully saturated rings.